The van der Waals surface area contributed by atoms with Crippen molar-refractivity contribution in [3.8, 4) is 0 Å². The maximum Gasteiger partial charge on any atom is 0.340 e. The minimum absolute atomic E-state index is 0.170. The number of allylic oxidation sites excluding steroid dienone is 1. The van der Waals surface area contributed by atoms with E-state index in [1.54, 1.807) is 31.2 Å². The quantitative estimate of drug-likeness (QED) is 0.548. The Morgan fingerprint density at radius 3 is 2.40 bits per heavy atom. The van der Waals surface area contributed by atoms with Crippen LogP contribution in [0.15, 0.2) is 42.5 Å². The van der Waals surface area contributed by atoms with Crippen LogP contribution in [0.2, 0.25) is 15.1 Å². The fraction of sp³-hybridized carbons (Fsp3) is 0.111. The van der Waals surface area contributed by atoms with Gasteiger partial charge in [-0.2, -0.15) is 0 Å². The Balaban J connectivity index is 2.25. The first-order valence-electron chi connectivity index (χ1n) is 7.14. The first-order chi connectivity index (χ1) is 11.8. The van der Waals surface area contributed by atoms with Gasteiger partial charge in [-0.05, 0) is 48.4 Å². The minimum atomic E-state index is -0.594. The normalized spacial score (nSPS) is 11.2. The highest BCUT2D eigenvalue weighted by Gasteiger charge is 2.14. The molecule has 0 unspecified atom stereocenters. The summed E-state index contributed by atoms with van der Waals surface area (Å²) in [4.78, 5) is 24.1. The second-order valence-corrected chi connectivity index (χ2v) is 6.38. The molecule has 0 fully saturated rings. The Bertz CT molecular complexity index is 863. The van der Waals surface area contributed by atoms with Gasteiger partial charge in [0, 0.05) is 11.1 Å². The summed E-state index contributed by atoms with van der Waals surface area (Å²) in [6.45, 7) is 1.77. The molecule has 0 saturated heterocycles. The molecule has 7 heteroatoms. The molecule has 2 rings (SSSR count). The second-order valence-electron chi connectivity index (χ2n) is 5.13. The highest BCUT2D eigenvalue weighted by molar-refractivity contribution is 6.42. The van der Waals surface area contributed by atoms with Crippen LogP contribution in [0.4, 0.5) is 5.69 Å². The third-order valence-electron chi connectivity index (χ3n) is 3.37. The predicted octanol–water partition coefficient (Wildman–Crippen LogP) is 5.48. The topological polar surface area (TPSA) is 55.4 Å². The third-order valence-corrected chi connectivity index (χ3v) is 4.34. The van der Waals surface area contributed by atoms with E-state index >= 15 is 0 Å². The molecule has 2 aromatic rings. The Kier molecular flexibility index (Phi) is 6.48. The standard InChI is InChI=1S/C18H14Cl3NO3/c1-10(11-3-5-14(20)15(21)8-11)7-17(23)22-16-6-4-12(19)9-13(16)18(24)25-2/h3-9H,1-2H3,(H,22,23). The van der Waals surface area contributed by atoms with Crippen LogP contribution in [0.3, 0.4) is 0 Å². The summed E-state index contributed by atoms with van der Waals surface area (Å²) in [6.07, 6.45) is 1.40. The van der Waals surface area contributed by atoms with Crippen molar-refractivity contribution in [1.29, 1.82) is 0 Å². The number of halogens is 3. The van der Waals surface area contributed by atoms with Gasteiger partial charge in [-0.3, -0.25) is 4.79 Å². The largest absolute Gasteiger partial charge is 0.465 e. The number of anilines is 1. The van der Waals surface area contributed by atoms with Gasteiger partial charge in [-0.1, -0.05) is 40.9 Å². The lowest BCUT2D eigenvalue weighted by Gasteiger charge is -2.09. The molecule has 0 aliphatic rings. The zero-order valence-corrected chi connectivity index (χ0v) is 15.7. The SMILES string of the molecule is COC(=O)c1cc(Cl)ccc1NC(=O)C=C(C)c1ccc(Cl)c(Cl)c1. The lowest BCUT2D eigenvalue weighted by molar-refractivity contribution is -0.111. The molecule has 0 aliphatic heterocycles. The molecular formula is C18H14Cl3NO3. The summed E-state index contributed by atoms with van der Waals surface area (Å²) >= 11 is 17.8. The molecule has 25 heavy (non-hydrogen) atoms. The van der Waals surface area contributed by atoms with Crippen molar-refractivity contribution >= 4 is 57.9 Å². The lowest BCUT2D eigenvalue weighted by Crippen LogP contribution is -2.13. The van der Waals surface area contributed by atoms with E-state index in [0.717, 1.165) is 5.56 Å². The number of benzene rings is 2. The van der Waals surface area contributed by atoms with E-state index in [4.69, 9.17) is 39.5 Å². The number of rotatable bonds is 4. The molecule has 2 aromatic carbocycles. The van der Waals surface area contributed by atoms with Crippen molar-refractivity contribution in [2.45, 2.75) is 6.92 Å². The zero-order chi connectivity index (χ0) is 18.6. The van der Waals surface area contributed by atoms with Crippen LogP contribution in [0, 0.1) is 0 Å². The van der Waals surface area contributed by atoms with Crippen LogP contribution in [0.1, 0.15) is 22.8 Å². The maximum atomic E-state index is 12.3. The van der Waals surface area contributed by atoms with Gasteiger partial charge in [0.1, 0.15) is 0 Å². The number of nitrogens with one attached hydrogen (secondary N) is 1. The average Bonchev–Trinajstić information content (AvgIpc) is 2.58. The Morgan fingerprint density at radius 2 is 1.76 bits per heavy atom. The molecule has 130 valence electrons. The summed E-state index contributed by atoms with van der Waals surface area (Å²) in [7, 11) is 1.25. The third kappa shape index (κ3) is 4.98. The van der Waals surface area contributed by atoms with Gasteiger partial charge in [0.2, 0.25) is 5.91 Å². The molecule has 0 bridgehead atoms. The second kappa shape index (κ2) is 8.39. The predicted molar refractivity (Wildman–Crippen MR) is 102 cm³/mol. The molecule has 0 heterocycles. The van der Waals surface area contributed by atoms with Crippen LogP contribution < -0.4 is 5.32 Å². The molecule has 0 aromatic heterocycles. The van der Waals surface area contributed by atoms with Gasteiger partial charge in [0.15, 0.2) is 0 Å². The van der Waals surface area contributed by atoms with E-state index < -0.39 is 11.9 Å². The average molecular weight is 399 g/mol. The van der Waals surface area contributed by atoms with E-state index in [2.05, 4.69) is 5.32 Å². The van der Waals surface area contributed by atoms with Crippen molar-refractivity contribution < 1.29 is 14.3 Å². The summed E-state index contributed by atoms with van der Waals surface area (Å²) in [5, 5.41) is 3.85. The summed E-state index contributed by atoms with van der Waals surface area (Å²) in [6, 6.07) is 9.62. The number of amides is 1. The molecule has 0 spiro atoms. The van der Waals surface area contributed by atoms with E-state index in [9.17, 15) is 9.59 Å². The summed E-state index contributed by atoms with van der Waals surface area (Å²) < 4.78 is 4.70. The number of hydrogen-bond acceptors (Lipinski definition) is 3. The van der Waals surface area contributed by atoms with Gasteiger partial charge in [0.25, 0.3) is 0 Å². The monoisotopic (exact) mass is 397 g/mol. The van der Waals surface area contributed by atoms with Crippen LogP contribution in [0.25, 0.3) is 5.57 Å². The van der Waals surface area contributed by atoms with Gasteiger partial charge < -0.3 is 10.1 Å². The van der Waals surface area contributed by atoms with Crippen LogP contribution >= 0.6 is 34.8 Å². The van der Waals surface area contributed by atoms with E-state index in [0.29, 0.717) is 26.3 Å². The lowest BCUT2D eigenvalue weighted by atomic mass is 10.1. The number of hydrogen-bond donors (Lipinski definition) is 1. The molecular weight excluding hydrogens is 385 g/mol. The van der Waals surface area contributed by atoms with Crippen LogP contribution in [-0.2, 0) is 9.53 Å². The van der Waals surface area contributed by atoms with Gasteiger partial charge in [0.05, 0.1) is 28.4 Å². The van der Waals surface area contributed by atoms with E-state index in [1.807, 2.05) is 0 Å². The molecule has 1 N–H and O–H groups in total. The van der Waals surface area contributed by atoms with Gasteiger partial charge >= 0.3 is 5.97 Å². The Labute approximate surface area is 160 Å². The Hall–Kier alpha value is -2.01. The molecule has 0 aliphatic carbocycles. The summed E-state index contributed by atoms with van der Waals surface area (Å²) in [5.41, 5.74) is 1.92. The van der Waals surface area contributed by atoms with E-state index in [-0.39, 0.29) is 5.56 Å². The van der Waals surface area contributed by atoms with E-state index in [1.165, 1.54) is 25.3 Å². The van der Waals surface area contributed by atoms with Crippen molar-refractivity contribution in [1.82, 2.24) is 0 Å². The highest BCUT2D eigenvalue weighted by Crippen LogP contribution is 2.26. The minimum Gasteiger partial charge on any atom is -0.465 e. The van der Waals surface area contributed by atoms with Gasteiger partial charge in [-0.25, -0.2) is 4.79 Å². The smallest absolute Gasteiger partial charge is 0.340 e. The van der Waals surface area contributed by atoms with Crippen molar-refractivity contribution in [3.63, 3.8) is 0 Å². The fourth-order valence-corrected chi connectivity index (χ4v) is 2.56. The first-order valence-corrected chi connectivity index (χ1v) is 8.27. The highest BCUT2D eigenvalue weighted by atomic mass is 35.5. The number of ether oxygens (including phenoxy) is 1. The van der Waals surface area contributed by atoms with Gasteiger partial charge in [-0.15, -0.1) is 0 Å². The van der Waals surface area contributed by atoms with Crippen molar-refractivity contribution in [3.05, 3.63) is 68.7 Å². The molecule has 0 atom stereocenters. The number of methoxy groups -OCH3 is 1. The van der Waals surface area contributed by atoms with Crippen LogP contribution in [0.5, 0.6) is 0 Å². The maximum absolute atomic E-state index is 12.3. The molecule has 0 radical (unpaired) electrons. The van der Waals surface area contributed by atoms with Crippen molar-refractivity contribution in [2.75, 3.05) is 12.4 Å². The molecule has 4 nitrogen and oxygen atoms in total. The zero-order valence-electron chi connectivity index (χ0n) is 13.4. The fourth-order valence-electron chi connectivity index (χ4n) is 2.09. The van der Waals surface area contributed by atoms with Crippen LogP contribution in [-0.4, -0.2) is 19.0 Å². The molecule has 0 saturated carbocycles. The number of carbonyl (C=O) groups excluding carboxylic acids is 2. The van der Waals surface area contributed by atoms with Crippen molar-refractivity contribution in [2.24, 2.45) is 0 Å². The number of esters is 1. The molecule has 1 amide bonds. The number of carbonyl (C=O) groups is 2. The first kappa shape index (κ1) is 19.3. The Morgan fingerprint density at radius 1 is 1.04 bits per heavy atom. The summed E-state index contributed by atoms with van der Waals surface area (Å²) in [5.74, 6) is -1.00.